The number of hydrogen-bond donors (Lipinski definition) is 1. The molecule has 0 unspecified atom stereocenters. The molecule has 0 saturated carbocycles. The molecule has 1 fully saturated rings. The molecular formula is C24H26N4O5S. The first-order chi connectivity index (χ1) is 16.5. The number of amides is 1. The van der Waals surface area contributed by atoms with Gasteiger partial charge in [0.05, 0.1) is 18.4 Å². The van der Waals surface area contributed by atoms with Crippen molar-refractivity contribution in [3.8, 4) is 17.7 Å². The highest BCUT2D eigenvalue weighted by Crippen LogP contribution is 2.36. The molecule has 34 heavy (non-hydrogen) atoms. The van der Waals surface area contributed by atoms with Gasteiger partial charge in [0.1, 0.15) is 11.1 Å². The Labute approximate surface area is 201 Å². The maximum absolute atomic E-state index is 13.1. The van der Waals surface area contributed by atoms with Crippen molar-refractivity contribution in [1.29, 1.82) is 5.26 Å². The number of carbonyl (C=O) groups is 2. The van der Waals surface area contributed by atoms with E-state index in [4.69, 9.17) is 13.6 Å². The maximum Gasteiger partial charge on any atom is 0.341 e. The number of anilines is 2. The van der Waals surface area contributed by atoms with Gasteiger partial charge in [0.2, 0.25) is 17.5 Å². The normalized spacial score (nSPS) is 14.1. The number of hydrogen-bond acceptors (Lipinski definition) is 9. The number of nitrogens with zero attached hydrogens (tertiary/aromatic N) is 3. The van der Waals surface area contributed by atoms with E-state index in [-0.39, 0.29) is 30.0 Å². The molecule has 0 atom stereocenters. The number of aryl methyl sites for hydroxylation is 1. The second-order valence-electron chi connectivity index (χ2n) is 7.93. The van der Waals surface area contributed by atoms with Gasteiger partial charge in [0.15, 0.2) is 5.76 Å². The minimum absolute atomic E-state index is 0.122. The number of thiophene rings is 1. The predicted molar refractivity (Wildman–Crippen MR) is 127 cm³/mol. The minimum atomic E-state index is -0.407. The first-order valence-corrected chi connectivity index (χ1v) is 12.1. The van der Waals surface area contributed by atoms with Crippen molar-refractivity contribution in [1.82, 2.24) is 4.98 Å². The largest absolute Gasteiger partial charge is 0.462 e. The quantitative estimate of drug-likeness (QED) is 0.478. The second-order valence-corrected chi connectivity index (χ2v) is 9.15. The number of carbonyl (C=O) groups excluding carboxylic acids is 2. The van der Waals surface area contributed by atoms with Crippen molar-refractivity contribution in [3.63, 3.8) is 0 Å². The molecule has 0 bridgehead atoms. The standard InChI is InChI=1S/C24H26N4O5S/c1-4-16-14(3)34-22(19(16)24(30)31-5-2)27-20(29)15-8-10-28(11-9-15)23-17(13-25)26-21(33-23)18-7-6-12-32-18/h6-7,12,15H,4-5,8-11H2,1-3H3,(H,27,29). The highest BCUT2D eigenvalue weighted by atomic mass is 32.1. The molecule has 10 heteroatoms. The molecule has 0 aromatic carbocycles. The Balaban J connectivity index is 1.44. The number of nitrogens with one attached hydrogen (secondary N) is 1. The topological polar surface area (TPSA) is 122 Å². The summed E-state index contributed by atoms with van der Waals surface area (Å²) in [6.07, 6.45) is 3.35. The van der Waals surface area contributed by atoms with E-state index in [2.05, 4.69) is 16.4 Å². The molecule has 1 amide bonds. The smallest absolute Gasteiger partial charge is 0.341 e. The molecular weight excluding hydrogens is 456 g/mol. The summed E-state index contributed by atoms with van der Waals surface area (Å²) >= 11 is 1.40. The van der Waals surface area contributed by atoms with E-state index >= 15 is 0 Å². The zero-order chi connectivity index (χ0) is 24.2. The fourth-order valence-corrected chi connectivity index (χ4v) is 5.31. The predicted octanol–water partition coefficient (Wildman–Crippen LogP) is 4.77. The lowest BCUT2D eigenvalue weighted by Gasteiger charge is -2.30. The van der Waals surface area contributed by atoms with Gasteiger partial charge in [-0.3, -0.25) is 4.79 Å². The molecule has 1 saturated heterocycles. The summed E-state index contributed by atoms with van der Waals surface area (Å²) < 4.78 is 16.4. The van der Waals surface area contributed by atoms with Crippen molar-refractivity contribution in [2.24, 2.45) is 5.92 Å². The molecule has 178 valence electrons. The Hall–Kier alpha value is -3.58. The highest BCUT2D eigenvalue weighted by molar-refractivity contribution is 7.16. The van der Waals surface area contributed by atoms with Crippen LogP contribution in [0.2, 0.25) is 0 Å². The van der Waals surface area contributed by atoms with Gasteiger partial charge >= 0.3 is 5.97 Å². The number of nitriles is 1. The lowest BCUT2D eigenvalue weighted by molar-refractivity contribution is -0.120. The molecule has 9 nitrogen and oxygen atoms in total. The summed E-state index contributed by atoms with van der Waals surface area (Å²) in [5.41, 5.74) is 1.56. The first-order valence-electron chi connectivity index (χ1n) is 11.3. The van der Waals surface area contributed by atoms with Crippen molar-refractivity contribution < 1.29 is 23.2 Å². The van der Waals surface area contributed by atoms with Crippen LogP contribution in [0.15, 0.2) is 27.2 Å². The Bertz CT molecular complexity index is 1210. The fraction of sp³-hybridized carbons (Fsp3) is 0.417. The summed E-state index contributed by atoms with van der Waals surface area (Å²) in [6, 6.07) is 5.51. The van der Waals surface area contributed by atoms with E-state index in [1.165, 1.54) is 17.6 Å². The van der Waals surface area contributed by atoms with Crippen molar-refractivity contribution >= 4 is 34.1 Å². The molecule has 4 rings (SSSR count). The van der Waals surface area contributed by atoms with Crippen LogP contribution in [0.3, 0.4) is 0 Å². The lowest BCUT2D eigenvalue weighted by atomic mass is 9.96. The van der Waals surface area contributed by atoms with Crippen LogP contribution in [0.4, 0.5) is 10.9 Å². The van der Waals surface area contributed by atoms with Crippen LogP contribution in [0.5, 0.6) is 0 Å². The van der Waals surface area contributed by atoms with Crippen LogP contribution in [0.1, 0.15) is 53.2 Å². The molecule has 0 radical (unpaired) electrons. The summed E-state index contributed by atoms with van der Waals surface area (Å²) in [5.74, 6) is 0.337. The zero-order valence-corrected chi connectivity index (χ0v) is 20.2. The minimum Gasteiger partial charge on any atom is -0.462 e. The van der Waals surface area contributed by atoms with E-state index in [9.17, 15) is 14.9 Å². The molecule has 1 aliphatic rings. The van der Waals surface area contributed by atoms with Crippen LogP contribution in [0.25, 0.3) is 11.7 Å². The SMILES string of the molecule is CCOC(=O)c1c(NC(=O)C2CCN(c3oc(-c4ccco4)nc3C#N)CC2)sc(C)c1CC. The van der Waals surface area contributed by atoms with E-state index < -0.39 is 5.97 Å². The van der Waals surface area contributed by atoms with E-state index in [1.807, 2.05) is 18.7 Å². The molecule has 0 spiro atoms. The fourth-order valence-electron chi connectivity index (χ4n) is 4.18. The van der Waals surface area contributed by atoms with E-state index in [0.29, 0.717) is 54.6 Å². The van der Waals surface area contributed by atoms with Gasteiger partial charge in [-0.25, -0.2) is 4.79 Å². The Kier molecular flexibility index (Phi) is 7.03. The summed E-state index contributed by atoms with van der Waals surface area (Å²) in [4.78, 5) is 32.8. The third kappa shape index (κ3) is 4.56. The number of furan rings is 1. The number of rotatable bonds is 7. The number of esters is 1. The van der Waals surface area contributed by atoms with Crippen LogP contribution in [-0.4, -0.2) is 36.6 Å². The highest BCUT2D eigenvalue weighted by Gasteiger charge is 2.31. The van der Waals surface area contributed by atoms with Gasteiger partial charge in [0, 0.05) is 23.9 Å². The number of oxazole rings is 1. The molecule has 0 aliphatic carbocycles. The van der Waals surface area contributed by atoms with E-state index in [1.54, 1.807) is 19.1 Å². The van der Waals surface area contributed by atoms with Gasteiger partial charge < -0.3 is 23.8 Å². The second kappa shape index (κ2) is 10.1. The molecule has 1 aliphatic heterocycles. The monoisotopic (exact) mass is 482 g/mol. The number of piperidine rings is 1. The lowest BCUT2D eigenvalue weighted by Crippen LogP contribution is -2.38. The van der Waals surface area contributed by atoms with Crippen molar-refractivity contribution in [2.75, 3.05) is 29.9 Å². The van der Waals surface area contributed by atoms with Gasteiger partial charge in [0.25, 0.3) is 5.89 Å². The summed E-state index contributed by atoms with van der Waals surface area (Å²) in [6.45, 7) is 7.04. The Morgan fingerprint density at radius 1 is 1.35 bits per heavy atom. The Morgan fingerprint density at radius 3 is 2.74 bits per heavy atom. The van der Waals surface area contributed by atoms with Gasteiger partial charge in [-0.05, 0) is 50.8 Å². The third-order valence-electron chi connectivity index (χ3n) is 5.88. The van der Waals surface area contributed by atoms with Crippen LogP contribution in [0, 0.1) is 24.2 Å². The van der Waals surface area contributed by atoms with Gasteiger partial charge in [-0.2, -0.15) is 10.2 Å². The average molecular weight is 483 g/mol. The average Bonchev–Trinajstić information content (AvgIpc) is 3.57. The van der Waals surface area contributed by atoms with Crippen molar-refractivity contribution in [2.45, 2.75) is 40.0 Å². The molecule has 3 aromatic heterocycles. The van der Waals surface area contributed by atoms with Crippen molar-refractivity contribution in [3.05, 3.63) is 40.1 Å². The van der Waals surface area contributed by atoms with Gasteiger partial charge in [-0.15, -0.1) is 11.3 Å². The van der Waals surface area contributed by atoms with Crippen LogP contribution >= 0.6 is 11.3 Å². The Morgan fingerprint density at radius 2 is 2.12 bits per heavy atom. The maximum atomic E-state index is 13.1. The van der Waals surface area contributed by atoms with E-state index in [0.717, 1.165) is 10.4 Å². The molecule has 3 aromatic rings. The zero-order valence-electron chi connectivity index (χ0n) is 19.3. The number of aromatic nitrogens is 1. The first kappa shape index (κ1) is 23.6. The summed E-state index contributed by atoms with van der Waals surface area (Å²) in [5, 5.41) is 13.0. The summed E-state index contributed by atoms with van der Waals surface area (Å²) in [7, 11) is 0. The van der Waals surface area contributed by atoms with Crippen LogP contribution < -0.4 is 10.2 Å². The molecule has 4 heterocycles. The third-order valence-corrected chi connectivity index (χ3v) is 6.94. The van der Waals surface area contributed by atoms with Crippen LogP contribution in [-0.2, 0) is 16.0 Å². The number of ether oxygens (including phenoxy) is 1. The molecule has 1 N–H and O–H groups in total. The van der Waals surface area contributed by atoms with Gasteiger partial charge in [-0.1, -0.05) is 6.92 Å².